The molecule has 4 heterocycles. The van der Waals surface area contributed by atoms with Gasteiger partial charge in [0.2, 0.25) is 0 Å². The van der Waals surface area contributed by atoms with Gasteiger partial charge in [-0.15, -0.1) is 6.58 Å². The Balaban J connectivity index is 1.72. The van der Waals surface area contributed by atoms with Crippen LogP contribution in [0.5, 0.6) is 5.75 Å². The molecule has 3 saturated heterocycles. The first-order valence-electron chi connectivity index (χ1n) is 8.81. The van der Waals surface area contributed by atoms with Crippen LogP contribution in [0.25, 0.3) is 10.9 Å². The summed E-state index contributed by atoms with van der Waals surface area (Å²) in [6.45, 7) is 6.28. The zero-order valence-corrected chi connectivity index (χ0v) is 16.6. The van der Waals surface area contributed by atoms with E-state index in [1.807, 2.05) is 18.3 Å². The van der Waals surface area contributed by atoms with Crippen molar-refractivity contribution >= 4 is 33.9 Å². The number of fused-ring (bicyclic) bond motifs is 4. The number of ether oxygens (including phenoxy) is 1. The summed E-state index contributed by atoms with van der Waals surface area (Å²) in [7, 11) is 1.70. The van der Waals surface area contributed by atoms with E-state index >= 15 is 0 Å². The molecule has 132 valence electrons. The van der Waals surface area contributed by atoms with Crippen LogP contribution < -0.4 is 4.74 Å². The maximum Gasteiger partial charge on any atom is 0.119 e. The van der Waals surface area contributed by atoms with Gasteiger partial charge in [0.05, 0.1) is 12.6 Å². The highest BCUT2D eigenvalue weighted by atomic mass is 127. The van der Waals surface area contributed by atoms with Gasteiger partial charge in [0.25, 0.3) is 0 Å². The van der Waals surface area contributed by atoms with Gasteiger partial charge in [0, 0.05) is 24.2 Å². The van der Waals surface area contributed by atoms with E-state index in [-0.39, 0.29) is 6.10 Å². The maximum absolute atomic E-state index is 6.01. The van der Waals surface area contributed by atoms with Crippen molar-refractivity contribution in [2.45, 2.75) is 25.0 Å². The van der Waals surface area contributed by atoms with Crippen molar-refractivity contribution in [3.8, 4) is 5.75 Å². The first-order chi connectivity index (χ1) is 12.2. The van der Waals surface area contributed by atoms with Gasteiger partial charge in [0.1, 0.15) is 34.9 Å². The third-order valence-corrected chi connectivity index (χ3v) is 6.44. The minimum Gasteiger partial charge on any atom is -0.497 e. The second-order valence-corrected chi connectivity index (χ2v) is 7.55. The Morgan fingerprint density at radius 3 is 2.96 bits per heavy atom. The molecule has 0 saturated carbocycles. The fourth-order valence-electron chi connectivity index (χ4n) is 4.53. The van der Waals surface area contributed by atoms with E-state index < -0.39 is 0 Å². The van der Waals surface area contributed by atoms with E-state index in [0.717, 1.165) is 42.1 Å². The number of hydrogen-bond donors (Lipinski definition) is 0. The summed E-state index contributed by atoms with van der Waals surface area (Å²) in [6, 6.07) is 8.55. The number of benzene rings is 1. The second-order valence-electron chi connectivity index (χ2n) is 7.04. The number of pyridine rings is 1. The Kier molecular flexibility index (Phi) is 4.97. The van der Waals surface area contributed by atoms with Gasteiger partial charge in [-0.1, -0.05) is 6.08 Å². The van der Waals surface area contributed by atoms with Crippen LogP contribution in [-0.4, -0.2) is 36.1 Å². The summed E-state index contributed by atoms with van der Waals surface area (Å²) in [5.74, 6) is 2.20. The molecule has 5 heteroatoms. The van der Waals surface area contributed by atoms with E-state index in [2.05, 4.69) is 57.7 Å². The minimum atomic E-state index is 0.0340. The van der Waals surface area contributed by atoms with E-state index in [0.29, 0.717) is 12.0 Å². The number of aromatic nitrogens is 1. The number of rotatable bonds is 5. The summed E-state index contributed by atoms with van der Waals surface area (Å²) in [5, 5.41) is 1.12. The van der Waals surface area contributed by atoms with Crippen molar-refractivity contribution in [1.82, 2.24) is 9.88 Å². The zero-order chi connectivity index (χ0) is 17.4. The van der Waals surface area contributed by atoms with Crippen molar-refractivity contribution in [3.05, 3.63) is 48.7 Å². The topological polar surface area (TPSA) is 34.6 Å². The molecule has 25 heavy (non-hydrogen) atoms. The average molecular weight is 450 g/mol. The van der Waals surface area contributed by atoms with E-state index in [1.54, 1.807) is 7.11 Å². The van der Waals surface area contributed by atoms with Crippen LogP contribution >= 0.6 is 23.0 Å². The van der Waals surface area contributed by atoms with Crippen molar-refractivity contribution < 1.29 is 7.80 Å². The molecular formula is C20H23IN2O2. The largest absolute Gasteiger partial charge is 0.497 e. The average Bonchev–Trinajstić information content (AvgIpc) is 2.68. The van der Waals surface area contributed by atoms with Crippen molar-refractivity contribution in [2.75, 3.05) is 20.2 Å². The van der Waals surface area contributed by atoms with Crippen LogP contribution in [-0.2, 0) is 3.07 Å². The predicted octanol–water partition coefficient (Wildman–Crippen LogP) is 4.55. The molecule has 1 aromatic carbocycles. The molecule has 4 nitrogen and oxygen atoms in total. The molecule has 1 aromatic heterocycles. The smallest absolute Gasteiger partial charge is 0.119 e. The third-order valence-electron chi connectivity index (χ3n) is 5.89. The third kappa shape index (κ3) is 3.06. The van der Waals surface area contributed by atoms with Gasteiger partial charge in [-0.05, 0) is 61.1 Å². The van der Waals surface area contributed by atoms with Crippen LogP contribution in [0.15, 0.2) is 43.1 Å². The van der Waals surface area contributed by atoms with Crippen molar-refractivity contribution in [1.29, 1.82) is 0 Å². The van der Waals surface area contributed by atoms with Gasteiger partial charge >= 0.3 is 0 Å². The summed E-state index contributed by atoms with van der Waals surface area (Å²) in [5.41, 5.74) is 2.18. The SMILES string of the molecule is C=C[C@H]1CN2CC[C@H]1C[C@H]2[C@H](OI)c1ccnc2ccc(OC)cc12. The summed E-state index contributed by atoms with van der Waals surface area (Å²) >= 11 is 2.06. The minimum absolute atomic E-state index is 0.0340. The van der Waals surface area contributed by atoms with Crippen LogP contribution in [0, 0.1) is 11.8 Å². The number of nitrogens with zero attached hydrogens (tertiary/aromatic N) is 2. The first-order valence-corrected chi connectivity index (χ1v) is 9.70. The number of halogens is 1. The standard InChI is InChI=1S/C20H23IN2O2/c1-3-13-12-23-9-7-14(13)10-19(23)20(25-21)16-6-8-22-18-5-4-15(24-2)11-17(16)18/h3-6,8,11,13-14,19-20H,1,7,9-10,12H2,2H3/t13-,14-,19-,20+/m0/s1. The fourth-order valence-corrected chi connectivity index (χ4v) is 5.14. The number of methoxy groups -OCH3 is 1. The molecule has 0 N–H and O–H groups in total. The van der Waals surface area contributed by atoms with Gasteiger partial charge in [-0.3, -0.25) is 9.88 Å². The summed E-state index contributed by atoms with van der Waals surface area (Å²) in [4.78, 5) is 7.10. The normalized spacial score (nSPS) is 29.5. The fraction of sp³-hybridized carbons (Fsp3) is 0.450. The van der Waals surface area contributed by atoms with Crippen LogP contribution in [0.1, 0.15) is 24.5 Å². The molecule has 3 aliphatic heterocycles. The van der Waals surface area contributed by atoms with E-state index in [1.165, 1.54) is 12.0 Å². The lowest BCUT2D eigenvalue weighted by molar-refractivity contribution is -0.0246. The van der Waals surface area contributed by atoms with Gasteiger partial charge in [-0.2, -0.15) is 0 Å². The highest BCUT2D eigenvalue weighted by molar-refractivity contribution is 14.1. The van der Waals surface area contributed by atoms with Gasteiger partial charge in [-0.25, -0.2) is 0 Å². The molecular weight excluding hydrogens is 427 g/mol. The summed E-state index contributed by atoms with van der Waals surface area (Å²) in [6.07, 6.45) is 6.49. The van der Waals surface area contributed by atoms with E-state index in [4.69, 9.17) is 7.80 Å². The molecule has 5 rings (SSSR count). The van der Waals surface area contributed by atoms with Crippen LogP contribution in [0.4, 0.5) is 0 Å². The number of hydrogen-bond acceptors (Lipinski definition) is 4. The number of piperidine rings is 3. The predicted molar refractivity (Wildman–Crippen MR) is 108 cm³/mol. The molecule has 5 atom stereocenters. The molecule has 2 aromatic rings. The quantitative estimate of drug-likeness (QED) is 0.495. The molecule has 3 aliphatic rings. The molecule has 2 bridgehead atoms. The Morgan fingerprint density at radius 2 is 2.28 bits per heavy atom. The van der Waals surface area contributed by atoms with Crippen molar-refractivity contribution in [2.24, 2.45) is 11.8 Å². The lowest BCUT2D eigenvalue weighted by atomic mass is 9.73. The Labute approximate surface area is 162 Å². The molecule has 0 aliphatic carbocycles. The Hall–Kier alpha value is -1.18. The van der Waals surface area contributed by atoms with Gasteiger partial charge in [0.15, 0.2) is 0 Å². The maximum atomic E-state index is 6.01. The summed E-state index contributed by atoms with van der Waals surface area (Å²) < 4.78 is 11.4. The molecule has 0 amide bonds. The Morgan fingerprint density at radius 1 is 1.40 bits per heavy atom. The monoisotopic (exact) mass is 450 g/mol. The van der Waals surface area contributed by atoms with Gasteiger partial charge < -0.3 is 7.80 Å². The second kappa shape index (κ2) is 7.21. The highest BCUT2D eigenvalue weighted by Gasteiger charge is 2.43. The molecule has 0 spiro atoms. The zero-order valence-electron chi connectivity index (χ0n) is 14.4. The Bertz CT molecular complexity index is 781. The first kappa shape index (κ1) is 17.2. The highest BCUT2D eigenvalue weighted by Crippen LogP contribution is 2.44. The lowest BCUT2D eigenvalue weighted by Crippen LogP contribution is -2.54. The molecule has 3 fully saturated rings. The van der Waals surface area contributed by atoms with Crippen LogP contribution in [0.2, 0.25) is 0 Å². The molecule has 1 unspecified atom stereocenters. The van der Waals surface area contributed by atoms with Crippen LogP contribution in [0.3, 0.4) is 0 Å². The van der Waals surface area contributed by atoms with Crippen molar-refractivity contribution in [3.63, 3.8) is 0 Å². The lowest BCUT2D eigenvalue weighted by Gasteiger charge is -2.51. The van der Waals surface area contributed by atoms with E-state index in [9.17, 15) is 0 Å². The molecule has 0 radical (unpaired) electrons.